The minimum absolute atomic E-state index is 0.365. The molecule has 0 amide bonds. The second kappa shape index (κ2) is 6.74. The number of anilines is 1. The van der Waals surface area contributed by atoms with Gasteiger partial charge in [0.25, 0.3) is 0 Å². The molecule has 0 radical (unpaired) electrons. The van der Waals surface area contributed by atoms with Gasteiger partial charge in [-0.1, -0.05) is 25.2 Å². The molecule has 1 aromatic rings. The van der Waals surface area contributed by atoms with E-state index in [2.05, 4.69) is 15.5 Å². The zero-order valence-corrected chi connectivity index (χ0v) is 10.4. The summed E-state index contributed by atoms with van der Waals surface area (Å²) in [6, 6.07) is 0. The monoisotopic (exact) mass is 229 g/mol. The van der Waals surface area contributed by atoms with Crippen LogP contribution in [0.25, 0.3) is 0 Å². The Morgan fingerprint density at radius 3 is 2.80 bits per heavy atom. The maximum absolute atomic E-state index is 5.48. The SMILES string of the molecule is CC.Cc1nnc(NCC2CCCO2)s1. The Hall–Kier alpha value is -0.680. The molecule has 2 heterocycles. The van der Waals surface area contributed by atoms with Gasteiger partial charge in [-0.2, -0.15) is 0 Å². The van der Waals surface area contributed by atoms with Crippen molar-refractivity contribution >= 4 is 16.5 Å². The van der Waals surface area contributed by atoms with Gasteiger partial charge in [-0.05, 0) is 19.8 Å². The van der Waals surface area contributed by atoms with Crippen molar-refractivity contribution in [2.24, 2.45) is 0 Å². The summed E-state index contributed by atoms with van der Waals surface area (Å²) in [7, 11) is 0. The van der Waals surface area contributed by atoms with Gasteiger partial charge in [0.2, 0.25) is 5.13 Å². The molecule has 0 aliphatic carbocycles. The van der Waals surface area contributed by atoms with E-state index in [0.717, 1.165) is 29.7 Å². The molecule has 86 valence electrons. The van der Waals surface area contributed by atoms with Gasteiger partial charge in [-0.15, -0.1) is 10.2 Å². The number of rotatable bonds is 3. The van der Waals surface area contributed by atoms with Gasteiger partial charge >= 0.3 is 0 Å². The van der Waals surface area contributed by atoms with Crippen LogP contribution in [0.3, 0.4) is 0 Å². The Kier molecular flexibility index (Phi) is 5.57. The molecule has 1 saturated heterocycles. The largest absolute Gasteiger partial charge is 0.376 e. The third kappa shape index (κ3) is 4.13. The topological polar surface area (TPSA) is 47.0 Å². The first kappa shape index (κ1) is 12.4. The Balaban J connectivity index is 0.000000531. The molecular weight excluding hydrogens is 210 g/mol. The lowest BCUT2D eigenvalue weighted by Crippen LogP contribution is -2.18. The first-order valence-electron chi connectivity index (χ1n) is 5.50. The molecule has 2 rings (SSSR count). The van der Waals surface area contributed by atoms with Crippen molar-refractivity contribution in [2.45, 2.75) is 39.7 Å². The van der Waals surface area contributed by atoms with Gasteiger partial charge < -0.3 is 10.1 Å². The lowest BCUT2D eigenvalue weighted by atomic mass is 10.2. The minimum atomic E-state index is 0.365. The van der Waals surface area contributed by atoms with Crippen molar-refractivity contribution in [3.05, 3.63) is 5.01 Å². The molecule has 1 N–H and O–H groups in total. The molecule has 0 saturated carbocycles. The van der Waals surface area contributed by atoms with E-state index < -0.39 is 0 Å². The molecule has 0 aromatic carbocycles. The first-order chi connectivity index (χ1) is 7.34. The van der Waals surface area contributed by atoms with Crippen LogP contribution in [-0.4, -0.2) is 29.5 Å². The molecule has 5 heteroatoms. The maximum Gasteiger partial charge on any atom is 0.205 e. The average molecular weight is 229 g/mol. The lowest BCUT2D eigenvalue weighted by Gasteiger charge is -2.08. The molecular formula is C10H19N3OS. The van der Waals surface area contributed by atoms with Crippen molar-refractivity contribution in [2.75, 3.05) is 18.5 Å². The molecule has 1 aromatic heterocycles. The number of nitrogens with zero attached hydrogens (tertiary/aromatic N) is 2. The van der Waals surface area contributed by atoms with E-state index in [1.54, 1.807) is 11.3 Å². The second-order valence-electron chi connectivity index (χ2n) is 3.14. The first-order valence-corrected chi connectivity index (χ1v) is 6.32. The zero-order valence-electron chi connectivity index (χ0n) is 9.62. The summed E-state index contributed by atoms with van der Waals surface area (Å²) < 4.78 is 5.48. The Labute approximate surface area is 95.1 Å². The molecule has 15 heavy (non-hydrogen) atoms. The maximum atomic E-state index is 5.48. The molecule has 1 aliphatic heterocycles. The van der Waals surface area contributed by atoms with Crippen LogP contribution in [0.1, 0.15) is 31.7 Å². The summed E-state index contributed by atoms with van der Waals surface area (Å²) in [6.45, 7) is 7.71. The summed E-state index contributed by atoms with van der Waals surface area (Å²) in [6.07, 6.45) is 2.70. The van der Waals surface area contributed by atoms with E-state index in [0.29, 0.717) is 6.10 Å². The number of ether oxygens (including phenoxy) is 1. The number of nitrogens with one attached hydrogen (secondary N) is 1. The van der Waals surface area contributed by atoms with Gasteiger partial charge in [0, 0.05) is 13.2 Å². The van der Waals surface area contributed by atoms with Gasteiger partial charge in [-0.3, -0.25) is 0 Å². The highest BCUT2D eigenvalue weighted by molar-refractivity contribution is 7.15. The van der Waals surface area contributed by atoms with Crippen molar-refractivity contribution in [1.82, 2.24) is 10.2 Å². The van der Waals surface area contributed by atoms with Crippen molar-refractivity contribution in [1.29, 1.82) is 0 Å². The molecule has 0 bridgehead atoms. The third-order valence-electron chi connectivity index (χ3n) is 2.03. The van der Waals surface area contributed by atoms with Gasteiger partial charge in [0.1, 0.15) is 5.01 Å². The lowest BCUT2D eigenvalue weighted by molar-refractivity contribution is 0.120. The highest BCUT2D eigenvalue weighted by Crippen LogP contribution is 2.16. The smallest absolute Gasteiger partial charge is 0.205 e. The van der Waals surface area contributed by atoms with E-state index in [4.69, 9.17) is 4.74 Å². The van der Waals surface area contributed by atoms with Crippen LogP contribution >= 0.6 is 11.3 Å². The van der Waals surface area contributed by atoms with E-state index in [1.165, 1.54) is 6.42 Å². The van der Waals surface area contributed by atoms with Crippen LogP contribution < -0.4 is 5.32 Å². The quantitative estimate of drug-likeness (QED) is 0.865. The van der Waals surface area contributed by atoms with E-state index in [-0.39, 0.29) is 0 Å². The number of hydrogen-bond acceptors (Lipinski definition) is 5. The molecule has 0 spiro atoms. The van der Waals surface area contributed by atoms with Crippen molar-refractivity contribution in [3.63, 3.8) is 0 Å². The fraction of sp³-hybridized carbons (Fsp3) is 0.800. The Bertz CT molecular complexity index is 271. The van der Waals surface area contributed by atoms with E-state index >= 15 is 0 Å². The van der Waals surface area contributed by atoms with E-state index in [9.17, 15) is 0 Å². The second-order valence-corrected chi connectivity index (χ2v) is 4.32. The highest BCUT2D eigenvalue weighted by atomic mass is 32.1. The summed E-state index contributed by atoms with van der Waals surface area (Å²) in [4.78, 5) is 0. The molecule has 1 fully saturated rings. The van der Waals surface area contributed by atoms with Crippen molar-refractivity contribution in [3.8, 4) is 0 Å². The van der Waals surface area contributed by atoms with E-state index in [1.807, 2.05) is 20.8 Å². The minimum Gasteiger partial charge on any atom is -0.376 e. The average Bonchev–Trinajstić information content (AvgIpc) is 2.89. The Morgan fingerprint density at radius 2 is 2.27 bits per heavy atom. The van der Waals surface area contributed by atoms with Crippen LogP contribution in [0.5, 0.6) is 0 Å². The summed E-state index contributed by atoms with van der Waals surface area (Å²) in [5.41, 5.74) is 0. The molecule has 1 atom stereocenters. The predicted octanol–water partition coefficient (Wildman–Crippen LogP) is 2.46. The van der Waals surface area contributed by atoms with Crippen LogP contribution in [0, 0.1) is 6.92 Å². The normalized spacial score (nSPS) is 19.5. The number of hydrogen-bond donors (Lipinski definition) is 1. The highest BCUT2D eigenvalue weighted by Gasteiger charge is 2.15. The van der Waals surface area contributed by atoms with Gasteiger partial charge in [0.05, 0.1) is 6.10 Å². The Morgan fingerprint density at radius 1 is 1.47 bits per heavy atom. The summed E-state index contributed by atoms with van der Waals surface area (Å²) >= 11 is 1.58. The van der Waals surface area contributed by atoms with Crippen LogP contribution in [0.2, 0.25) is 0 Å². The fourth-order valence-electron chi connectivity index (χ4n) is 1.37. The summed E-state index contributed by atoms with van der Waals surface area (Å²) in [5.74, 6) is 0. The number of aromatic nitrogens is 2. The molecule has 1 aliphatic rings. The third-order valence-corrected chi connectivity index (χ3v) is 2.83. The van der Waals surface area contributed by atoms with Gasteiger partial charge in [0.15, 0.2) is 0 Å². The number of aryl methyl sites for hydroxylation is 1. The van der Waals surface area contributed by atoms with Crippen LogP contribution in [-0.2, 0) is 4.74 Å². The predicted molar refractivity (Wildman–Crippen MR) is 63.5 cm³/mol. The fourth-order valence-corrected chi connectivity index (χ4v) is 1.97. The van der Waals surface area contributed by atoms with Crippen LogP contribution in [0.4, 0.5) is 5.13 Å². The van der Waals surface area contributed by atoms with Crippen LogP contribution in [0.15, 0.2) is 0 Å². The summed E-state index contributed by atoms with van der Waals surface area (Å²) in [5, 5.41) is 13.0. The van der Waals surface area contributed by atoms with Crippen molar-refractivity contribution < 1.29 is 4.74 Å². The molecule has 4 nitrogen and oxygen atoms in total. The van der Waals surface area contributed by atoms with Gasteiger partial charge in [-0.25, -0.2) is 0 Å². The zero-order chi connectivity index (χ0) is 11.1. The molecule has 1 unspecified atom stereocenters. The standard InChI is InChI=1S/C8H13N3OS.C2H6/c1-6-10-11-8(13-6)9-5-7-3-2-4-12-7;1-2/h7H,2-5H2,1H3,(H,9,11);1-2H3.